The highest BCUT2D eigenvalue weighted by Gasteiger charge is 2.24. The highest BCUT2D eigenvalue weighted by atomic mass is 15.3. The minimum Gasteiger partial charge on any atom is -0.384 e. The molecule has 0 spiro atoms. The van der Waals surface area contributed by atoms with E-state index in [1.165, 1.54) is 28.8 Å². The lowest BCUT2D eigenvalue weighted by Crippen LogP contribution is -1.95. The summed E-state index contributed by atoms with van der Waals surface area (Å²) >= 11 is 0. The molecule has 0 radical (unpaired) electrons. The van der Waals surface area contributed by atoms with Crippen molar-refractivity contribution in [2.75, 3.05) is 5.73 Å². The van der Waals surface area contributed by atoms with Crippen LogP contribution in [-0.2, 0) is 13.0 Å². The van der Waals surface area contributed by atoms with E-state index in [0.29, 0.717) is 11.9 Å². The van der Waals surface area contributed by atoms with E-state index >= 15 is 0 Å². The van der Waals surface area contributed by atoms with Gasteiger partial charge < -0.3 is 10.3 Å². The molecule has 0 fully saturated rings. The Morgan fingerprint density at radius 1 is 0.966 bits per heavy atom. The Hall–Kier alpha value is -3.34. The van der Waals surface area contributed by atoms with Crippen molar-refractivity contribution in [3.63, 3.8) is 0 Å². The molecule has 148 valence electrons. The molecule has 1 aromatic carbocycles. The third-order valence-corrected chi connectivity index (χ3v) is 5.18. The van der Waals surface area contributed by atoms with Crippen LogP contribution in [0.15, 0.2) is 73.2 Å². The molecule has 2 N–H and O–H groups in total. The van der Waals surface area contributed by atoms with E-state index < -0.39 is 0 Å². The molecular weight excluding hydrogens is 358 g/mol. The number of hydrogen-bond donors (Lipinski definition) is 1. The number of nitrogen functional groups attached to an aromatic ring is 1. The normalized spacial score (nSPS) is 12.5. The van der Waals surface area contributed by atoms with Crippen molar-refractivity contribution < 1.29 is 0 Å². The first-order valence-corrected chi connectivity index (χ1v) is 10.1. The predicted molar refractivity (Wildman–Crippen MR) is 118 cm³/mol. The third-order valence-electron chi connectivity index (χ3n) is 5.18. The first-order chi connectivity index (χ1) is 14.1. The minimum absolute atomic E-state index is 0.484. The van der Waals surface area contributed by atoms with Gasteiger partial charge in [0, 0.05) is 53.6 Å². The van der Waals surface area contributed by atoms with Crippen LogP contribution in [0.3, 0.4) is 0 Å². The van der Waals surface area contributed by atoms with Crippen molar-refractivity contribution in [1.82, 2.24) is 19.3 Å². The second kappa shape index (κ2) is 8.35. The second-order valence-electron chi connectivity index (χ2n) is 7.56. The number of benzene rings is 1. The van der Waals surface area contributed by atoms with Crippen LogP contribution in [0.4, 0.5) is 5.82 Å². The van der Waals surface area contributed by atoms with Gasteiger partial charge in [-0.3, -0.25) is 4.68 Å². The Labute approximate surface area is 171 Å². The van der Waals surface area contributed by atoms with Gasteiger partial charge in [0.1, 0.15) is 11.5 Å². The second-order valence-corrected chi connectivity index (χ2v) is 7.56. The molecule has 29 heavy (non-hydrogen) atoms. The number of fused-ring (bicyclic) bond motifs is 1. The van der Waals surface area contributed by atoms with Crippen LogP contribution < -0.4 is 5.73 Å². The number of nitrogens with zero attached hydrogens (tertiary/aromatic N) is 4. The summed E-state index contributed by atoms with van der Waals surface area (Å²) in [5.41, 5.74) is 11.6. The quantitative estimate of drug-likeness (QED) is 0.527. The minimum atomic E-state index is 0.484. The summed E-state index contributed by atoms with van der Waals surface area (Å²) < 4.78 is 4.47. The van der Waals surface area contributed by atoms with E-state index in [-0.39, 0.29) is 0 Å². The number of rotatable bonds is 3. The average molecular weight is 386 g/mol. The van der Waals surface area contributed by atoms with Gasteiger partial charge in [-0.1, -0.05) is 36.4 Å². The molecule has 0 atom stereocenters. The average Bonchev–Trinajstić information content (AvgIpc) is 3.45. The molecule has 5 rings (SSSR count). The van der Waals surface area contributed by atoms with Crippen LogP contribution in [0.25, 0.3) is 22.4 Å². The maximum Gasteiger partial charge on any atom is 0.123 e. The predicted octanol–water partition coefficient (Wildman–Crippen LogP) is 5.21. The van der Waals surface area contributed by atoms with Crippen molar-refractivity contribution >= 4 is 5.82 Å². The molecule has 5 heteroatoms. The standard InChI is InChI=1S/C19H21N3.C5H6N2/c1-14(2)21-12-10-16(13-21)18-17-9-6-11-22(17)20-19(18)15-7-4-3-5-8-15;6-5-3-1-2-4-7-5/h3-5,7-8,10,12-14H,6,9,11H2,1-2H3;1-4H,(H2,6,7). The lowest BCUT2D eigenvalue weighted by atomic mass is 10.00. The van der Waals surface area contributed by atoms with Crippen LogP contribution >= 0.6 is 0 Å². The number of aryl methyl sites for hydroxylation is 1. The highest BCUT2D eigenvalue weighted by Crippen LogP contribution is 2.37. The van der Waals surface area contributed by atoms with Gasteiger partial charge in [-0.2, -0.15) is 5.10 Å². The zero-order chi connectivity index (χ0) is 20.2. The number of nitrogens with two attached hydrogens (primary N) is 1. The number of aromatic nitrogens is 4. The zero-order valence-electron chi connectivity index (χ0n) is 17.0. The Kier molecular flexibility index (Phi) is 5.47. The van der Waals surface area contributed by atoms with Crippen molar-refractivity contribution in [3.05, 3.63) is 78.9 Å². The molecule has 0 saturated heterocycles. The van der Waals surface area contributed by atoms with Crippen LogP contribution in [0.2, 0.25) is 0 Å². The summed E-state index contributed by atoms with van der Waals surface area (Å²) in [5.74, 6) is 0.572. The van der Waals surface area contributed by atoms with E-state index in [2.05, 4.69) is 76.9 Å². The van der Waals surface area contributed by atoms with Crippen LogP contribution in [0.1, 0.15) is 32.0 Å². The van der Waals surface area contributed by atoms with E-state index in [9.17, 15) is 0 Å². The van der Waals surface area contributed by atoms with Crippen molar-refractivity contribution in [2.24, 2.45) is 0 Å². The number of pyridine rings is 1. The van der Waals surface area contributed by atoms with Gasteiger partial charge in [0.05, 0.1) is 0 Å². The molecule has 3 aromatic heterocycles. The van der Waals surface area contributed by atoms with Crippen molar-refractivity contribution in [3.8, 4) is 22.4 Å². The molecule has 4 heterocycles. The molecule has 0 saturated carbocycles. The Bertz CT molecular complexity index is 1060. The number of hydrogen-bond acceptors (Lipinski definition) is 3. The van der Waals surface area contributed by atoms with Gasteiger partial charge in [-0.25, -0.2) is 4.98 Å². The zero-order valence-corrected chi connectivity index (χ0v) is 17.0. The van der Waals surface area contributed by atoms with E-state index in [1.807, 2.05) is 12.1 Å². The Morgan fingerprint density at radius 3 is 2.38 bits per heavy atom. The van der Waals surface area contributed by atoms with Gasteiger partial charge in [0.2, 0.25) is 0 Å². The first-order valence-electron chi connectivity index (χ1n) is 10.1. The SMILES string of the molecule is CC(C)n1ccc(-c2c(-c3ccccc3)nn3c2CCC3)c1.Nc1ccccn1. The van der Waals surface area contributed by atoms with Gasteiger partial charge in [0.15, 0.2) is 0 Å². The summed E-state index contributed by atoms with van der Waals surface area (Å²) in [6.07, 6.45) is 8.42. The highest BCUT2D eigenvalue weighted by molar-refractivity contribution is 5.82. The first kappa shape index (κ1) is 19.0. The van der Waals surface area contributed by atoms with E-state index in [1.54, 1.807) is 12.3 Å². The summed E-state index contributed by atoms with van der Waals surface area (Å²) in [5, 5.41) is 4.90. The van der Waals surface area contributed by atoms with E-state index in [4.69, 9.17) is 10.8 Å². The van der Waals surface area contributed by atoms with Gasteiger partial charge >= 0.3 is 0 Å². The van der Waals surface area contributed by atoms with Gasteiger partial charge in [-0.15, -0.1) is 0 Å². The third kappa shape index (κ3) is 4.09. The summed E-state index contributed by atoms with van der Waals surface area (Å²) in [6.45, 7) is 5.47. The largest absolute Gasteiger partial charge is 0.384 e. The summed E-state index contributed by atoms with van der Waals surface area (Å²) in [6, 6.07) is 18.7. The van der Waals surface area contributed by atoms with Crippen LogP contribution in [-0.4, -0.2) is 19.3 Å². The maximum absolute atomic E-state index is 5.25. The number of anilines is 1. The molecular formula is C24H27N5. The lowest BCUT2D eigenvalue weighted by molar-refractivity contribution is 0.604. The van der Waals surface area contributed by atoms with Crippen molar-refractivity contribution in [2.45, 2.75) is 39.3 Å². The topological polar surface area (TPSA) is 61.7 Å². The maximum atomic E-state index is 5.25. The van der Waals surface area contributed by atoms with Crippen molar-refractivity contribution in [1.29, 1.82) is 0 Å². The fourth-order valence-corrected chi connectivity index (χ4v) is 3.69. The van der Waals surface area contributed by atoms with Crippen LogP contribution in [0, 0.1) is 0 Å². The smallest absolute Gasteiger partial charge is 0.123 e. The van der Waals surface area contributed by atoms with Crippen LogP contribution in [0.5, 0.6) is 0 Å². The fourth-order valence-electron chi connectivity index (χ4n) is 3.69. The Balaban J connectivity index is 0.000000249. The van der Waals surface area contributed by atoms with E-state index in [0.717, 1.165) is 18.7 Å². The molecule has 0 unspecified atom stereocenters. The molecule has 0 amide bonds. The molecule has 0 bridgehead atoms. The monoisotopic (exact) mass is 385 g/mol. The molecule has 1 aliphatic heterocycles. The fraction of sp³-hybridized carbons (Fsp3) is 0.250. The molecule has 0 aliphatic carbocycles. The summed E-state index contributed by atoms with van der Waals surface area (Å²) in [4.78, 5) is 3.76. The van der Waals surface area contributed by atoms with Gasteiger partial charge in [0.25, 0.3) is 0 Å². The molecule has 1 aliphatic rings. The summed E-state index contributed by atoms with van der Waals surface area (Å²) in [7, 11) is 0. The van der Waals surface area contributed by atoms with Gasteiger partial charge in [-0.05, 0) is 44.9 Å². The lowest BCUT2D eigenvalue weighted by Gasteiger charge is -2.06. The molecule has 5 nitrogen and oxygen atoms in total. The molecule has 4 aromatic rings. The Morgan fingerprint density at radius 2 is 1.76 bits per heavy atom.